The number of hydrogen-bond donors (Lipinski definition) is 11. The lowest BCUT2D eigenvalue weighted by molar-refractivity contribution is -0.302. The normalized spacial score (nSPS) is 43.6. The molecule has 56 heavy (non-hydrogen) atoms. The molecule has 15 nitrogen and oxygen atoms in total. The monoisotopic (exact) mass is 796 g/mol. The van der Waals surface area contributed by atoms with Crippen LogP contribution in [0.2, 0.25) is 0 Å². The molecule has 2 aliphatic rings. The first-order valence-electron chi connectivity index (χ1n) is 19.3. The van der Waals surface area contributed by atoms with E-state index in [1.807, 2.05) is 13.0 Å². The van der Waals surface area contributed by atoms with Crippen LogP contribution in [0.4, 0.5) is 0 Å². The molecule has 1 saturated heterocycles. The second kappa shape index (κ2) is 24.7. The van der Waals surface area contributed by atoms with E-state index in [1.54, 1.807) is 62.5 Å². The van der Waals surface area contributed by atoms with Crippen LogP contribution in [0, 0.1) is 17.8 Å². The highest BCUT2D eigenvalue weighted by Crippen LogP contribution is 2.37. The fourth-order valence-electron chi connectivity index (χ4n) is 6.71. The number of ether oxygens (including phenoxy) is 2. The van der Waals surface area contributed by atoms with Crippen molar-refractivity contribution in [2.24, 2.45) is 17.8 Å². The largest absolute Gasteiger partial charge is 0.481 e. The average Bonchev–Trinajstić information content (AvgIpc) is 3.09. The standard InChI is InChI=1S/C41H64O15/c1-25-13-10-8-6-4-5-7-9-11-14-28(42)15-12-16-29(43)21-36-38(40(52)53)35(49)24-41(54,56-36)23-34(48)33(47)18-17-30(44)19-31(45)20-32(46)22-37(50)55-27(3)26(2)39(25)51/h4-14,16,25-36,38-39,42-49,51,54H,15,17-24H2,1-3H3,(H,52,53)/b5-4+,8-6+,9-7+,13-10+,14-11+,16-12+/t25-,26-,27-,28?,29-,30+,31+,32+,33+,34+,35-,36?,38+,39+,41+/m0/s1. The fraction of sp³-hybridized carbons (Fsp3) is 0.659. The third-order valence-electron chi connectivity index (χ3n) is 10.1. The van der Waals surface area contributed by atoms with Gasteiger partial charge in [0.05, 0.1) is 67.5 Å². The van der Waals surface area contributed by atoms with Gasteiger partial charge in [-0.25, -0.2) is 0 Å². The molecule has 0 spiro atoms. The first kappa shape index (κ1) is 49.1. The van der Waals surface area contributed by atoms with Crippen molar-refractivity contribution < 1.29 is 75.2 Å². The zero-order valence-electron chi connectivity index (χ0n) is 32.4. The first-order chi connectivity index (χ1) is 26.3. The van der Waals surface area contributed by atoms with E-state index in [0.717, 1.165) is 0 Å². The van der Waals surface area contributed by atoms with Gasteiger partial charge in [0.25, 0.3) is 0 Å². The van der Waals surface area contributed by atoms with E-state index in [1.165, 1.54) is 18.2 Å². The van der Waals surface area contributed by atoms with Crippen LogP contribution in [0.25, 0.3) is 0 Å². The summed E-state index contributed by atoms with van der Waals surface area (Å²) >= 11 is 0. The molecule has 0 aliphatic carbocycles. The minimum Gasteiger partial charge on any atom is -0.481 e. The Bertz CT molecular complexity index is 1360. The summed E-state index contributed by atoms with van der Waals surface area (Å²) in [6.07, 6.45) is 3.74. The zero-order chi connectivity index (χ0) is 42.0. The molecule has 0 aromatic carbocycles. The molecule has 15 heteroatoms. The van der Waals surface area contributed by atoms with Gasteiger partial charge in [0.1, 0.15) is 12.0 Å². The van der Waals surface area contributed by atoms with Gasteiger partial charge in [-0.15, -0.1) is 0 Å². The molecule has 2 aliphatic heterocycles. The molecule has 0 aromatic heterocycles. The van der Waals surface area contributed by atoms with Crippen molar-refractivity contribution in [2.75, 3.05) is 0 Å². The summed E-state index contributed by atoms with van der Waals surface area (Å²) in [6, 6.07) is 0. The Morgan fingerprint density at radius 3 is 1.88 bits per heavy atom. The lowest BCUT2D eigenvalue weighted by atomic mass is 9.82. The molecule has 0 saturated carbocycles. The number of carbonyl (C=O) groups excluding carboxylic acids is 1. The van der Waals surface area contributed by atoms with E-state index in [9.17, 15) is 65.8 Å². The maximum Gasteiger partial charge on any atom is 0.311 e. The lowest BCUT2D eigenvalue weighted by Gasteiger charge is -2.44. The summed E-state index contributed by atoms with van der Waals surface area (Å²) < 4.78 is 11.1. The smallest absolute Gasteiger partial charge is 0.311 e. The summed E-state index contributed by atoms with van der Waals surface area (Å²) in [5, 5.41) is 116. The number of rotatable bonds is 1. The Morgan fingerprint density at radius 1 is 0.679 bits per heavy atom. The molecule has 2 bridgehead atoms. The predicted molar refractivity (Wildman–Crippen MR) is 205 cm³/mol. The van der Waals surface area contributed by atoms with Crippen molar-refractivity contribution in [3.63, 3.8) is 0 Å². The van der Waals surface area contributed by atoms with Crippen LogP contribution in [-0.2, 0) is 19.1 Å². The Morgan fingerprint density at radius 2 is 1.25 bits per heavy atom. The molecule has 318 valence electrons. The number of fused-ring (bicyclic) bond motifs is 2. The van der Waals surface area contributed by atoms with E-state index in [-0.39, 0.29) is 44.4 Å². The summed E-state index contributed by atoms with van der Waals surface area (Å²) in [6.45, 7) is 5.20. The number of carboxylic acid groups (broad SMARTS) is 1. The highest BCUT2D eigenvalue weighted by molar-refractivity contribution is 5.71. The number of esters is 1. The van der Waals surface area contributed by atoms with Gasteiger partial charge in [0.2, 0.25) is 0 Å². The van der Waals surface area contributed by atoms with E-state index < -0.39 is 116 Å². The zero-order valence-corrected chi connectivity index (χ0v) is 32.4. The molecule has 0 radical (unpaired) electrons. The number of carbonyl (C=O) groups is 2. The van der Waals surface area contributed by atoms with Gasteiger partial charge in [-0.2, -0.15) is 0 Å². The van der Waals surface area contributed by atoms with Gasteiger partial charge in [-0.05, 0) is 39.0 Å². The van der Waals surface area contributed by atoms with E-state index in [2.05, 4.69) is 0 Å². The quantitative estimate of drug-likeness (QED) is 0.131. The predicted octanol–water partition coefficient (Wildman–Crippen LogP) is 1.09. The number of allylic oxidation sites excluding steroid dienone is 8. The van der Waals surface area contributed by atoms with E-state index in [0.29, 0.717) is 0 Å². The van der Waals surface area contributed by atoms with Crippen molar-refractivity contribution in [1.29, 1.82) is 0 Å². The van der Waals surface area contributed by atoms with Crippen molar-refractivity contribution in [3.05, 3.63) is 72.9 Å². The molecular weight excluding hydrogens is 732 g/mol. The minimum absolute atomic E-state index is 0.113. The summed E-state index contributed by atoms with van der Waals surface area (Å²) in [5.41, 5.74) is 0. The first-order valence-corrected chi connectivity index (χ1v) is 19.3. The topological polar surface area (TPSA) is 275 Å². The maximum atomic E-state index is 12.5. The molecule has 0 amide bonds. The number of aliphatic hydroxyl groups is 10. The van der Waals surface area contributed by atoms with Crippen LogP contribution < -0.4 is 0 Å². The van der Waals surface area contributed by atoms with Crippen LogP contribution in [-0.4, -0.2) is 141 Å². The second-order valence-electron chi connectivity index (χ2n) is 15.2. The van der Waals surface area contributed by atoms with Crippen molar-refractivity contribution >= 4 is 11.9 Å². The number of hydrogen-bond acceptors (Lipinski definition) is 14. The van der Waals surface area contributed by atoms with Crippen LogP contribution >= 0.6 is 0 Å². The van der Waals surface area contributed by atoms with Crippen molar-refractivity contribution in [2.45, 2.75) is 151 Å². The van der Waals surface area contributed by atoms with Gasteiger partial charge in [0, 0.05) is 31.1 Å². The molecule has 15 atom stereocenters. The maximum absolute atomic E-state index is 12.5. The fourth-order valence-corrected chi connectivity index (χ4v) is 6.71. The van der Waals surface area contributed by atoms with E-state index >= 15 is 0 Å². The number of carboxylic acids is 1. The van der Waals surface area contributed by atoms with Gasteiger partial charge in [-0.1, -0.05) is 86.8 Å². The molecule has 0 aromatic rings. The molecule has 2 heterocycles. The third kappa shape index (κ3) is 18.0. The third-order valence-corrected chi connectivity index (χ3v) is 10.1. The highest BCUT2D eigenvalue weighted by atomic mass is 16.6. The van der Waals surface area contributed by atoms with Gasteiger partial charge < -0.3 is 65.6 Å². The summed E-state index contributed by atoms with van der Waals surface area (Å²) in [5.74, 6) is -6.70. The molecule has 1 fully saturated rings. The summed E-state index contributed by atoms with van der Waals surface area (Å²) in [7, 11) is 0. The van der Waals surface area contributed by atoms with Gasteiger partial charge >= 0.3 is 11.9 Å². The minimum atomic E-state index is -2.29. The van der Waals surface area contributed by atoms with Crippen LogP contribution in [0.1, 0.15) is 78.6 Å². The van der Waals surface area contributed by atoms with Crippen LogP contribution in [0.3, 0.4) is 0 Å². The average molecular weight is 797 g/mol. The van der Waals surface area contributed by atoms with Crippen molar-refractivity contribution in [3.8, 4) is 0 Å². The lowest BCUT2D eigenvalue weighted by Crippen LogP contribution is -2.56. The molecule has 2 rings (SSSR count). The van der Waals surface area contributed by atoms with Gasteiger partial charge in [0.15, 0.2) is 5.79 Å². The Hall–Kier alpha value is -3.06. The van der Waals surface area contributed by atoms with Crippen molar-refractivity contribution in [1.82, 2.24) is 0 Å². The Labute approximate surface area is 328 Å². The highest BCUT2D eigenvalue weighted by Gasteiger charge is 2.50. The van der Waals surface area contributed by atoms with Gasteiger partial charge in [-0.3, -0.25) is 9.59 Å². The second-order valence-corrected chi connectivity index (χ2v) is 15.2. The number of aliphatic hydroxyl groups excluding tert-OH is 9. The van der Waals surface area contributed by atoms with Crippen LogP contribution in [0.5, 0.6) is 0 Å². The molecular formula is C41H64O15. The van der Waals surface area contributed by atoms with E-state index in [4.69, 9.17) is 9.47 Å². The molecule has 2 unspecified atom stereocenters. The van der Waals surface area contributed by atoms with Crippen LogP contribution in [0.15, 0.2) is 72.9 Å². The SMILES string of the molecule is C[C@@H]1[C@H](O)[C@@H](C)/C=C/C=C/C=C/C=C/C=C/C(O)C/C=C/[C@H](O)CC2O[C@](O)(C[C@@H](O)[C@H](O)CC[C@@H](O)C[C@@H](O)C[C@@H](O)CC(=O)O[C@H]1C)C[C@H](O)[C@H]2C(=O)O. The summed E-state index contributed by atoms with van der Waals surface area (Å²) in [4.78, 5) is 24.5. The molecule has 11 N–H and O–H groups in total. The Balaban J connectivity index is 2.18. The number of aliphatic carboxylic acids is 1. The number of cyclic esters (lactones) is 1. The Kier molecular flexibility index (Phi) is 21.6.